The number of benzene rings is 3. The topological polar surface area (TPSA) is 95.5 Å². The van der Waals surface area contributed by atoms with Crippen molar-refractivity contribution in [3.8, 4) is 0 Å². The Bertz CT molecular complexity index is 1060. The Labute approximate surface area is 191 Å². The lowest BCUT2D eigenvalue weighted by Gasteiger charge is -2.22. The van der Waals surface area contributed by atoms with Crippen LogP contribution in [0.3, 0.4) is 0 Å². The van der Waals surface area contributed by atoms with Crippen molar-refractivity contribution < 1.29 is 19.5 Å². The zero-order chi connectivity index (χ0) is 22.9. The van der Waals surface area contributed by atoms with Gasteiger partial charge in [-0.1, -0.05) is 72.3 Å². The molecule has 0 bridgehead atoms. The summed E-state index contributed by atoms with van der Waals surface area (Å²) in [5, 5.41) is 15.4. The van der Waals surface area contributed by atoms with E-state index in [-0.39, 0.29) is 12.8 Å². The van der Waals surface area contributed by atoms with E-state index in [1.807, 2.05) is 36.4 Å². The van der Waals surface area contributed by atoms with Gasteiger partial charge in [-0.25, -0.2) is 4.79 Å². The fraction of sp³-hybridized carbons (Fsp3) is 0.160. The van der Waals surface area contributed by atoms with E-state index in [0.29, 0.717) is 10.6 Å². The number of amides is 2. The number of carbonyl (C=O) groups is 3. The molecule has 0 heterocycles. The molecule has 0 aliphatic heterocycles. The van der Waals surface area contributed by atoms with Crippen LogP contribution >= 0.6 is 11.6 Å². The largest absolute Gasteiger partial charge is 0.480 e. The number of aliphatic carboxylic acids is 1. The van der Waals surface area contributed by atoms with Crippen LogP contribution < -0.4 is 10.6 Å². The summed E-state index contributed by atoms with van der Waals surface area (Å²) in [5.41, 5.74) is 1.96. The number of halogens is 1. The van der Waals surface area contributed by atoms with Gasteiger partial charge < -0.3 is 15.7 Å². The van der Waals surface area contributed by atoms with Crippen LogP contribution in [0.4, 0.5) is 0 Å². The van der Waals surface area contributed by atoms with Gasteiger partial charge in [-0.15, -0.1) is 0 Å². The van der Waals surface area contributed by atoms with E-state index in [4.69, 9.17) is 11.6 Å². The molecule has 0 aromatic heterocycles. The molecular weight excluding hydrogens is 428 g/mol. The van der Waals surface area contributed by atoms with Crippen LogP contribution in [0.1, 0.15) is 21.5 Å². The van der Waals surface area contributed by atoms with Gasteiger partial charge in [0.25, 0.3) is 5.91 Å². The maximum absolute atomic E-state index is 13.1. The summed E-state index contributed by atoms with van der Waals surface area (Å²) in [5.74, 6) is -2.17. The Hall–Kier alpha value is -3.64. The van der Waals surface area contributed by atoms with E-state index in [1.54, 1.807) is 48.5 Å². The van der Waals surface area contributed by atoms with Gasteiger partial charge in [0.15, 0.2) is 0 Å². The number of carboxylic acids is 1. The second-order valence-electron chi connectivity index (χ2n) is 7.31. The highest BCUT2D eigenvalue weighted by Crippen LogP contribution is 2.11. The molecule has 0 radical (unpaired) electrons. The van der Waals surface area contributed by atoms with E-state index >= 15 is 0 Å². The monoisotopic (exact) mass is 450 g/mol. The zero-order valence-corrected chi connectivity index (χ0v) is 18.0. The van der Waals surface area contributed by atoms with Crippen molar-refractivity contribution in [2.75, 3.05) is 0 Å². The minimum atomic E-state index is -1.15. The first-order chi connectivity index (χ1) is 15.4. The predicted molar refractivity (Wildman–Crippen MR) is 123 cm³/mol. The average Bonchev–Trinajstić information content (AvgIpc) is 2.80. The molecule has 3 rings (SSSR count). The summed E-state index contributed by atoms with van der Waals surface area (Å²) in [4.78, 5) is 37.6. The minimum absolute atomic E-state index is 0.130. The standard InChI is InChI=1S/C25H23ClN2O4/c26-20-13-11-19(12-14-20)23(29)27-21(15-17-7-3-1-4-8-17)24(30)28-22(25(31)32)16-18-9-5-2-6-10-18/h1-14,21-22H,15-16H2,(H,27,29)(H,28,30)(H,31,32). The molecule has 3 aromatic rings. The molecule has 0 saturated carbocycles. The molecule has 0 aliphatic rings. The fourth-order valence-electron chi connectivity index (χ4n) is 3.22. The van der Waals surface area contributed by atoms with Crippen molar-refractivity contribution in [2.24, 2.45) is 0 Å². The first-order valence-corrected chi connectivity index (χ1v) is 10.5. The van der Waals surface area contributed by atoms with E-state index in [1.165, 1.54) is 0 Å². The van der Waals surface area contributed by atoms with Crippen molar-refractivity contribution in [3.63, 3.8) is 0 Å². The van der Waals surface area contributed by atoms with E-state index < -0.39 is 29.9 Å². The lowest BCUT2D eigenvalue weighted by atomic mass is 10.0. The van der Waals surface area contributed by atoms with Gasteiger partial charge in [-0.05, 0) is 35.4 Å². The summed E-state index contributed by atoms with van der Waals surface area (Å²) in [6.07, 6.45) is 0.342. The third-order valence-electron chi connectivity index (χ3n) is 4.91. The number of nitrogens with one attached hydrogen (secondary N) is 2. The van der Waals surface area contributed by atoms with Gasteiger partial charge in [0, 0.05) is 23.4 Å². The molecule has 2 amide bonds. The van der Waals surface area contributed by atoms with Gasteiger partial charge in [0.05, 0.1) is 0 Å². The minimum Gasteiger partial charge on any atom is -0.480 e. The average molecular weight is 451 g/mol. The maximum atomic E-state index is 13.1. The van der Waals surface area contributed by atoms with Crippen LogP contribution in [0.5, 0.6) is 0 Å². The van der Waals surface area contributed by atoms with Crippen molar-refractivity contribution in [2.45, 2.75) is 24.9 Å². The third kappa shape index (κ3) is 6.68. The highest BCUT2D eigenvalue weighted by molar-refractivity contribution is 6.30. The SMILES string of the molecule is O=C(NC(Cc1ccccc1)C(=O)NC(Cc1ccccc1)C(=O)O)c1ccc(Cl)cc1. The zero-order valence-electron chi connectivity index (χ0n) is 17.2. The van der Waals surface area contributed by atoms with Crippen molar-refractivity contribution in [1.82, 2.24) is 10.6 Å². The Kier molecular flexibility index (Phi) is 8.00. The lowest BCUT2D eigenvalue weighted by Crippen LogP contribution is -2.53. The summed E-state index contributed by atoms with van der Waals surface area (Å²) in [6.45, 7) is 0. The number of hydrogen-bond donors (Lipinski definition) is 3. The van der Waals surface area contributed by atoms with Crippen molar-refractivity contribution in [3.05, 3.63) is 107 Å². The summed E-state index contributed by atoms with van der Waals surface area (Å²) in [7, 11) is 0. The smallest absolute Gasteiger partial charge is 0.326 e. The first kappa shape index (κ1) is 23.0. The van der Waals surface area contributed by atoms with Crippen LogP contribution in [0, 0.1) is 0 Å². The quantitative estimate of drug-likeness (QED) is 0.465. The van der Waals surface area contributed by atoms with Crippen molar-refractivity contribution >= 4 is 29.4 Å². The Morgan fingerprint density at radius 1 is 0.719 bits per heavy atom. The molecule has 3 aromatic carbocycles. The fourth-order valence-corrected chi connectivity index (χ4v) is 3.35. The second kappa shape index (κ2) is 11.1. The highest BCUT2D eigenvalue weighted by atomic mass is 35.5. The molecular formula is C25H23ClN2O4. The van der Waals surface area contributed by atoms with Crippen molar-refractivity contribution in [1.29, 1.82) is 0 Å². The Morgan fingerprint density at radius 3 is 1.72 bits per heavy atom. The van der Waals surface area contributed by atoms with Crippen LogP contribution in [-0.4, -0.2) is 35.0 Å². The molecule has 164 valence electrons. The number of rotatable bonds is 9. The van der Waals surface area contributed by atoms with Crippen LogP contribution in [-0.2, 0) is 22.4 Å². The summed E-state index contributed by atoms with van der Waals surface area (Å²) in [6, 6.07) is 22.4. The van der Waals surface area contributed by atoms with Gasteiger partial charge in [-0.3, -0.25) is 9.59 Å². The number of hydrogen-bond acceptors (Lipinski definition) is 3. The molecule has 0 spiro atoms. The predicted octanol–water partition coefficient (Wildman–Crippen LogP) is 3.49. The summed E-state index contributed by atoms with van der Waals surface area (Å²) >= 11 is 5.88. The molecule has 0 saturated heterocycles. The van der Waals surface area contributed by atoms with E-state index in [9.17, 15) is 19.5 Å². The lowest BCUT2D eigenvalue weighted by molar-refractivity contribution is -0.142. The highest BCUT2D eigenvalue weighted by Gasteiger charge is 2.27. The molecule has 7 heteroatoms. The third-order valence-corrected chi connectivity index (χ3v) is 5.16. The number of carboxylic acid groups (broad SMARTS) is 1. The molecule has 2 atom stereocenters. The summed E-state index contributed by atoms with van der Waals surface area (Å²) < 4.78 is 0. The van der Waals surface area contributed by atoms with Gasteiger partial charge in [-0.2, -0.15) is 0 Å². The molecule has 0 fully saturated rings. The molecule has 32 heavy (non-hydrogen) atoms. The van der Waals surface area contributed by atoms with E-state index in [0.717, 1.165) is 11.1 Å². The first-order valence-electron chi connectivity index (χ1n) is 10.1. The Balaban J connectivity index is 1.77. The maximum Gasteiger partial charge on any atom is 0.326 e. The molecule has 3 N–H and O–H groups in total. The van der Waals surface area contributed by atoms with Gasteiger partial charge in [0.2, 0.25) is 5.91 Å². The van der Waals surface area contributed by atoms with Gasteiger partial charge in [0.1, 0.15) is 12.1 Å². The Morgan fingerprint density at radius 2 is 1.22 bits per heavy atom. The number of carbonyl (C=O) groups excluding carboxylic acids is 2. The molecule has 6 nitrogen and oxygen atoms in total. The molecule has 0 aliphatic carbocycles. The second-order valence-corrected chi connectivity index (χ2v) is 7.75. The normalized spacial score (nSPS) is 12.4. The van der Waals surface area contributed by atoms with Crippen LogP contribution in [0.15, 0.2) is 84.9 Å². The molecule has 2 unspecified atom stereocenters. The van der Waals surface area contributed by atoms with Crippen LogP contribution in [0.25, 0.3) is 0 Å². The van der Waals surface area contributed by atoms with Crippen LogP contribution in [0.2, 0.25) is 5.02 Å². The van der Waals surface area contributed by atoms with E-state index in [2.05, 4.69) is 10.6 Å². The van der Waals surface area contributed by atoms with Gasteiger partial charge >= 0.3 is 5.97 Å².